The number of halogens is 1. The Hall–Kier alpha value is -2.81. The number of fused-ring (bicyclic) bond motifs is 1. The van der Waals surface area contributed by atoms with Crippen molar-refractivity contribution < 1.29 is 19.1 Å². The highest BCUT2D eigenvalue weighted by atomic mass is 35.5. The Labute approximate surface area is 186 Å². The Bertz CT molecular complexity index is 1010. The predicted molar refractivity (Wildman–Crippen MR) is 119 cm³/mol. The molecule has 4 heterocycles. The number of aromatic nitrogens is 1. The lowest BCUT2D eigenvalue weighted by molar-refractivity contribution is -0.110. The van der Waals surface area contributed by atoms with Gasteiger partial charge in [-0.15, -0.1) is 12.4 Å². The average molecular weight is 445 g/mol. The monoisotopic (exact) mass is 444 g/mol. The fraction of sp³-hybridized carbons (Fsp3) is 0.364. The van der Waals surface area contributed by atoms with Crippen molar-refractivity contribution in [3.05, 3.63) is 52.8 Å². The third kappa shape index (κ3) is 4.46. The molecule has 0 spiro atoms. The molecule has 0 aliphatic carbocycles. The first-order valence-electron chi connectivity index (χ1n) is 10.2. The summed E-state index contributed by atoms with van der Waals surface area (Å²) in [6, 6.07) is 5.82. The van der Waals surface area contributed by atoms with Gasteiger partial charge in [-0.1, -0.05) is 6.07 Å². The van der Waals surface area contributed by atoms with Crippen LogP contribution in [0.4, 0.5) is 10.5 Å². The van der Waals surface area contributed by atoms with Crippen LogP contribution in [0.3, 0.4) is 0 Å². The Morgan fingerprint density at radius 2 is 1.87 bits per heavy atom. The molecule has 2 N–H and O–H groups in total. The number of nitrogens with zero attached hydrogens (tertiary/aromatic N) is 2. The van der Waals surface area contributed by atoms with Crippen LogP contribution in [0.25, 0.3) is 11.6 Å². The zero-order valence-corrected chi connectivity index (χ0v) is 17.9. The van der Waals surface area contributed by atoms with Crippen molar-refractivity contribution in [1.82, 2.24) is 14.8 Å². The van der Waals surface area contributed by atoms with E-state index in [0.29, 0.717) is 25.3 Å². The highest BCUT2D eigenvalue weighted by molar-refractivity contribution is 6.35. The molecule has 2 saturated heterocycles. The number of H-pyrrole nitrogens is 1. The van der Waals surface area contributed by atoms with E-state index < -0.39 is 0 Å². The Kier molecular flexibility index (Phi) is 6.31. The Balaban J connectivity index is 0.00000231. The standard InChI is InChI=1S/C22H24N4O4.ClH/c27-21-19(10-16-11-23-12-17(16)14-25-3-6-29-7-4-25)18-9-15(1-2-20(18)24-21)13-26-5-8-30-22(26)28;/h1-2,9-12,23H,3-8,13-14H2,(H,24,27);1H/b19-10-;. The van der Waals surface area contributed by atoms with Crippen LogP contribution in [0.15, 0.2) is 30.6 Å². The molecular weight excluding hydrogens is 420 g/mol. The van der Waals surface area contributed by atoms with Gasteiger partial charge in [0.1, 0.15) is 6.61 Å². The van der Waals surface area contributed by atoms with E-state index >= 15 is 0 Å². The van der Waals surface area contributed by atoms with Crippen molar-refractivity contribution in [2.24, 2.45) is 0 Å². The van der Waals surface area contributed by atoms with Gasteiger partial charge in [-0.25, -0.2) is 4.79 Å². The second-order valence-corrected chi connectivity index (χ2v) is 7.75. The summed E-state index contributed by atoms with van der Waals surface area (Å²) in [5, 5.41) is 2.94. The van der Waals surface area contributed by atoms with Crippen LogP contribution in [-0.2, 0) is 27.4 Å². The van der Waals surface area contributed by atoms with Gasteiger partial charge in [-0.3, -0.25) is 9.69 Å². The molecule has 0 bridgehead atoms. The zero-order valence-electron chi connectivity index (χ0n) is 17.1. The van der Waals surface area contributed by atoms with Crippen molar-refractivity contribution in [1.29, 1.82) is 0 Å². The number of morpholine rings is 1. The number of nitrogens with one attached hydrogen (secondary N) is 2. The number of hydrogen-bond donors (Lipinski definition) is 2. The molecule has 2 aromatic rings. The van der Waals surface area contributed by atoms with E-state index in [9.17, 15) is 9.59 Å². The second-order valence-electron chi connectivity index (χ2n) is 7.75. The van der Waals surface area contributed by atoms with Crippen molar-refractivity contribution >= 4 is 41.7 Å². The highest BCUT2D eigenvalue weighted by Gasteiger charge is 2.27. The first kappa shape index (κ1) is 21.4. The summed E-state index contributed by atoms with van der Waals surface area (Å²) >= 11 is 0. The summed E-state index contributed by atoms with van der Waals surface area (Å²) in [6.07, 6.45) is 5.57. The van der Waals surface area contributed by atoms with Crippen molar-refractivity contribution in [2.45, 2.75) is 13.1 Å². The van der Waals surface area contributed by atoms with E-state index in [0.717, 1.165) is 60.8 Å². The van der Waals surface area contributed by atoms with E-state index in [1.165, 1.54) is 0 Å². The minimum absolute atomic E-state index is 0. The lowest BCUT2D eigenvalue weighted by Gasteiger charge is -2.26. The van der Waals surface area contributed by atoms with Gasteiger partial charge in [-0.2, -0.15) is 0 Å². The van der Waals surface area contributed by atoms with E-state index in [1.54, 1.807) is 4.90 Å². The van der Waals surface area contributed by atoms with E-state index in [-0.39, 0.29) is 24.4 Å². The topological polar surface area (TPSA) is 86.9 Å². The van der Waals surface area contributed by atoms with Crippen LogP contribution in [0, 0.1) is 0 Å². The van der Waals surface area contributed by atoms with Gasteiger partial charge in [0, 0.05) is 55.4 Å². The maximum atomic E-state index is 12.7. The van der Waals surface area contributed by atoms with Crippen LogP contribution < -0.4 is 5.32 Å². The molecule has 0 unspecified atom stereocenters. The van der Waals surface area contributed by atoms with Crippen LogP contribution in [-0.4, -0.2) is 66.2 Å². The van der Waals surface area contributed by atoms with Crippen LogP contribution in [0.2, 0.25) is 0 Å². The fourth-order valence-corrected chi connectivity index (χ4v) is 4.10. The number of aromatic amines is 1. The summed E-state index contributed by atoms with van der Waals surface area (Å²) in [5.74, 6) is -0.110. The average Bonchev–Trinajstić information content (AvgIpc) is 3.44. The van der Waals surface area contributed by atoms with E-state index in [1.807, 2.05) is 36.7 Å². The largest absolute Gasteiger partial charge is 0.448 e. The molecule has 3 aliphatic rings. The van der Waals surface area contributed by atoms with Gasteiger partial charge in [0.25, 0.3) is 5.91 Å². The number of anilines is 1. The fourth-order valence-electron chi connectivity index (χ4n) is 4.10. The minimum Gasteiger partial charge on any atom is -0.448 e. The second kappa shape index (κ2) is 9.13. The molecule has 0 saturated carbocycles. The molecule has 1 aromatic heterocycles. The normalized spacial score (nSPS) is 19.9. The molecule has 2 fully saturated rings. The summed E-state index contributed by atoms with van der Waals surface area (Å²) in [4.78, 5) is 31.6. The van der Waals surface area contributed by atoms with Gasteiger partial charge in [0.05, 0.1) is 19.8 Å². The first-order valence-corrected chi connectivity index (χ1v) is 10.2. The number of carbonyl (C=O) groups is 2. The zero-order chi connectivity index (χ0) is 20.5. The van der Waals surface area contributed by atoms with Crippen molar-refractivity contribution in [2.75, 3.05) is 44.8 Å². The van der Waals surface area contributed by atoms with Gasteiger partial charge in [0.2, 0.25) is 0 Å². The van der Waals surface area contributed by atoms with Gasteiger partial charge in [-0.05, 0) is 34.9 Å². The number of hydrogen-bond acceptors (Lipinski definition) is 5. The van der Waals surface area contributed by atoms with E-state index in [4.69, 9.17) is 9.47 Å². The predicted octanol–water partition coefficient (Wildman–Crippen LogP) is 2.71. The Morgan fingerprint density at radius 3 is 2.65 bits per heavy atom. The SMILES string of the molecule is Cl.O=C1Nc2ccc(CN3CCOC3=O)cc2/C1=C/c1c[nH]cc1CN1CCOCC1. The third-order valence-corrected chi connectivity index (χ3v) is 5.75. The lowest BCUT2D eigenvalue weighted by Crippen LogP contribution is -2.35. The molecular formula is C22H25ClN4O4. The number of carbonyl (C=O) groups excluding carboxylic acids is 2. The molecule has 5 rings (SSSR count). The lowest BCUT2D eigenvalue weighted by atomic mass is 10.0. The molecule has 1 aromatic carbocycles. The highest BCUT2D eigenvalue weighted by Crippen LogP contribution is 2.34. The van der Waals surface area contributed by atoms with Crippen LogP contribution >= 0.6 is 12.4 Å². The molecule has 3 aliphatic heterocycles. The van der Waals surface area contributed by atoms with E-state index in [2.05, 4.69) is 15.2 Å². The van der Waals surface area contributed by atoms with Crippen molar-refractivity contribution in [3.8, 4) is 0 Å². The smallest absolute Gasteiger partial charge is 0.410 e. The number of ether oxygens (including phenoxy) is 2. The number of amides is 2. The summed E-state index contributed by atoms with van der Waals surface area (Å²) < 4.78 is 10.4. The number of benzene rings is 1. The summed E-state index contributed by atoms with van der Waals surface area (Å²) in [7, 11) is 0. The van der Waals surface area contributed by atoms with Gasteiger partial charge >= 0.3 is 6.09 Å². The van der Waals surface area contributed by atoms with Gasteiger partial charge in [0.15, 0.2) is 0 Å². The molecule has 31 heavy (non-hydrogen) atoms. The van der Waals surface area contributed by atoms with Crippen LogP contribution in [0.5, 0.6) is 0 Å². The maximum Gasteiger partial charge on any atom is 0.410 e. The molecule has 0 atom stereocenters. The third-order valence-electron chi connectivity index (χ3n) is 5.75. The molecule has 164 valence electrons. The quantitative estimate of drug-likeness (QED) is 0.692. The summed E-state index contributed by atoms with van der Waals surface area (Å²) in [6.45, 7) is 5.63. The molecule has 2 amide bonds. The van der Waals surface area contributed by atoms with Crippen molar-refractivity contribution in [3.63, 3.8) is 0 Å². The van der Waals surface area contributed by atoms with Crippen LogP contribution in [0.1, 0.15) is 22.3 Å². The molecule has 9 heteroatoms. The van der Waals surface area contributed by atoms with Gasteiger partial charge < -0.3 is 24.7 Å². The Morgan fingerprint density at radius 1 is 1.03 bits per heavy atom. The number of cyclic esters (lactones) is 1. The number of rotatable bonds is 5. The molecule has 0 radical (unpaired) electrons. The first-order chi connectivity index (χ1) is 14.7. The maximum absolute atomic E-state index is 12.7. The minimum atomic E-state index is -0.291. The molecule has 8 nitrogen and oxygen atoms in total. The summed E-state index contributed by atoms with van der Waals surface area (Å²) in [5.41, 5.74) is 5.43.